The molecule has 4 heteroatoms. The second-order valence-corrected chi connectivity index (χ2v) is 5.46. The van der Waals surface area contributed by atoms with Crippen LogP contribution in [-0.2, 0) is 13.1 Å². The van der Waals surface area contributed by atoms with Gasteiger partial charge >= 0.3 is 5.97 Å². The summed E-state index contributed by atoms with van der Waals surface area (Å²) in [6.07, 6.45) is 4.29. The van der Waals surface area contributed by atoms with Crippen molar-refractivity contribution in [2.75, 3.05) is 0 Å². The van der Waals surface area contributed by atoms with Crippen molar-refractivity contribution < 1.29 is 9.90 Å². The van der Waals surface area contributed by atoms with Gasteiger partial charge in [-0.05, 0) is 42.7 Å². The summed E-state index contributed by atoms with van der Waals surface area (Å²) >= 11 is 0. The van der Waals surface area contributed by atoms with Crippen LogP contribution in [0.5, 0.6) is 0 Å². The number of hydrogen-bond donors (Lipinski definition) is 1. The van der Waals surface area contributed by atoms with E-state index in [1.54, 1.807) is 12.1 Å². The second kappa shape index (κ2) is 6.06. The number of hydrogen-bond acceptors (Lipinski definition) is 3. The highest BCUT2D eigenvalue weighted by Crippen LogP contribution is 2.29. The molecule has 1 aromatic heterocycles. The van der Waals surface area contributed by atoms with Gasteiger partial charge in [-0.3, -0.25) is 9.88 Å². The van der Waals surface area contributed by atoms with Gasteiger partial charge in [-0.2, -0.15) is 0 Å². The lowest BCUT2D eigenvalue weighted by atomic mass is 10.1. The van der Waals surface area contributed by atoms with E-state index in [0.29, 0.717) is 11.6 Å². The van der Waals surface area contributed by atoms with E-state index < -0.39 is 5.97 Å². The number of carboxylic acid groups (broad SMARTS) is 1. The minimum absolute atomic E-state index is 0.335. The van der Waals surface area contributed by atoms with E-state index >= 15 is 0 Å². The van der Waals surface area contributed by atoms with Crippen molar-refractivity contribution in [3.05, 3.63) is 65.5 Å². The van der Waals surface area contributed by atoms with Gasteiger partial charge in [0, 0.05) is 25.3 Å². The fourth-order valence-corrected chi connectivity index (χ4v) is 2.44. The molecule has 0 spiro atoms. The zero-order chi connectivity index (χ0) is 14.7. The molecule has 108 valence electrons. The highest BCUT2D eigenvalue weighted by molar-refractivity contribution is 5.87. The maximum Gasteiger partial charge on any atom is 0.335 e. The number of nitrogens with zero attached hydrogens (tertiary/aromatic N) is 2. The van der Waals surface area contributed by atoms with Gasteiger partial charge in [0.05, 0.1) is 11.3 Å². The summed E-state index contributed by atoms with van der Waals surface area (Å²) in [6.45, 7) is 1.67. The SMILES string of the molecule is O=C(O)c1ccc(CN(Cc2ccccn2)C2CC2)cc1. The molecule has 0 amide bonds. The zero-order valence-corrected chi connectivity index (χ0v) is 11.8. The molecular weight excluding hydrogens is 264 g/mol. The molecule has 1 saturated carbocycles. The quantitative estimate of drug-likeness (QED) is 0.885. The van der Waals surface area contributed by atoms with Crippen LogP contribution in [0.25, 0.3) is 0 Å². The second-order valence-electron chi connectivity index (χ2n) is 5.46. The highest BCUT2D eigenvalue weighted by Gasteiger charge is 2.29. The summed E-state index contributed by atoms with van der Waals surface area (Å²) in [7, 11) is 0. The zero-order valence-electron chi connectivity index (χ0n) is 11.8. The summed E-state index contributed by atoms with van der Waals surface area (Å²) in [4.78, 5) is 17.7. The Morgan fingerprint density at radius 2 is 1.90 bits per heavy atom. The number of aromatic carboxylic acids is 1. The fraction of sp³-hybridized carbons (Fsp3) is 0.294. The molecule has 2 aromatic rings. The Labute approximate surface area is 124 Å². The molecule has 1 aromatic carbocycles. The lowest BCUT2D eigenvalue weighted by Crippen LogP contribution is -2.25. The minimum atomic E-state index is -0.880. The van der Waals surface area contributed by atoms with E-state index in [0.717, 1.165) is 24.3 Å². The Kier molecular flexibility index (Phi) is 3.97. The molecule has 1 fully saturated rings. The number of rotatable bonds is 6. The van der Waals surface area contributed by atoms with Crippen molar-refractivity contribution in [1.29, 1.82) is 0 Å². The predicted octanol–water partition coefficient (Wildman–Crippen LogP) is 2.94. The summed E-state index contributed by atoms with van der Waals surface area (Å²) in [6, 6.07) is 13.8. The van der Waals surface area contributed by atoms with Gasteiger partial charge in [0.2, 0.25) is 0 Å². The molecule has 0 bridgehead atoms. The highest BCUT2D eigenvalue weighted by atomic mass is 16.4. The summed E-state index contributed by atoms with van der Waals surface area (Å²) in [5.74, 6) is -0.880. The lowest BCUT2D eigenvalue weighted by Gasteiger charge is -2.21. The third-order valence-corrected chi connectivity index (χ3v) is 3.74. The van der Waals surface area contributed by atoms with E-state index in [4.69, 9.17) is 5.11 Å². The van der Waals surface area contributed by atoms with Crippen LogP contribution in [0.1, 0.15) is 34.5 Å². The lowest BCUT2D eigenvalue weighted by molar-refractivity contribution is 0.0697. The van der Waals surface area contributed by atoms with Crippen LogP contribution < -0.4 is 0 Å². The van der Waals surface area contributed by atoms with E-state index in [1.165, 1.54) is 12.8 Å². The predicted molar refractivity (Wildman–Crippen MR) is 79.9 cm³/mol. The number of carboxylic acids is 1. The average molecular weight is 282 g/mol. The van der Waals surface area contributed by atoms with Gasteiger partial charge in [-0.1, -0.05) is 18.2 Å². The molecular formula is C17H18N2O2. The molecule has 1 heterocycles. The average Bonchev–Trinajstić information content (AvgIpc) is 3.33. The van der Waals surface area contributed by atoms with Crippen molar-refractivity contribution in [1.82, 2.24) is 9.88 Å². The van der Waals surface area contributed by atoms with E-state index in [9.17, 15) is 4.79 Å². The maximum absolute atomic E-state index is 10.9. The van der Waals surface area contributed by atoms with Crippen LogP contribution >= 0.6 is 0 Å². The normalized spacial score (nSPS) is 14.3. The summed E-state index contributed by atoms with van der Waals surface area (Å²) in [5, 5.41) is 8.93. The Bertz CT molecular complexity index is 606. The van der Waals surface area contributed by atoms with Crippen molar-refractivity contribution >= 4 is 5.97 Å². The number of carbonyl (C=O) groups is 1. The van der Waals surface area contributed by atoms with E-state index in [2.05, 4.69) is 9.88 Å². The third-order valence-electron chi connectivity index (χ3n) is 3.74. The minimum Gasteiger partial charge on any atom is -0.478 e. The molecule has 0 saturated heterocycles. The number of benzene rings is 1. The van der Waals surface area contributed by atoms with Crippen molar-refractivity contribution in [2.24, 2.45) is 0 Å². The van der Waals surface area contributed by atoms with Gasteiger partial charge in [0.15, 0.2) is 0 Å². The van der Waals surface area contributed by atoms with Gasteiger partial charge < -0.3 is 5.11 Å². The third kappa shape index (κ3) is 3.67. The molecule has 0 unspecified atom stereocenters. The van der Waals surface area contributed by atoms with Crippen molar-refractivity contribution in [3.63, 3.8) is 0 Å². The number of pyridine rings is 1. The molecule has 0 aliphatic heterocycles. The Morgan fingerprint density at radius 1 is 1.14 bits per heavy atom. The van der Waals surface area contributed by atoms with Gasteiger partial charge in [-0.15, -0.1) is 0 Å². The van der Waals surface area contributed by atoms with Crippen LogP contribution in [-0.4, -0.2) is 27.0 Å². The molecule has 0 radical (unpaired) electrons. The molecule has 1 aliphatic carbocycles. The summed E-state index contributed by atoms with van der Waals surface area (Å²) < 4.78 is 0. The molecule has 21 heavy (non-hydrogen) atoms. The Hall–Kier alpha value is -2.20. The monoisotopic (exact) mass is 282 g/mol. The molecule has 3 rings (SSSR count). The first kappa shape index (κ1) is 13.8. The Balaban J connectivity index is 1.69. The van der Waals surface area contributed by atoms with Crippen LogP contribution in [0.3, 0.4) is 0 Å². The van der Waals surface area contributed by atoms with Crippen LogP contribution in [0.2, 0.25) is 0 Å². The largest absolute Gasteiger partial charge is 0.478 e. The van der Waals surface area contributed by atoms with Crippen molar-refractivity contribution in [2.45, 2.75) is 32.0 Å². The molecule has 0 atom stereocenters. The maximum atomic E-state index is 10.9. The smallest absolute Gasteiger partial charge is 0.335 e. The fourth-order valence-electron chi connectivity index (χ4n) is 2.44. The van der Waals surface area contributed by atoms with Crippen molar-refractivity contribution in [3.8, 4) is 0 Å². The van der Waals surface area contributed by atoms with E-state index in [1.807, 2.05) is 36.5 Å². The van der Waals surface area contributed by atoms with Gasteiger partial charge in [-0.25, -0.2) is 4.79 Å². The topological polar surface area (TPSA) is 53.4 Å². The molecule has 1 N–H and O–H groups in total. The first-order valence-corrected chi connectivity index (χ1v) is 7.18. The first-order valence-electron chi connectivity index (χ1n) is 7.18. The molecule has 1 aliphatic rings. The molecule has 4 nitrogen and oxygen atoms in total. The van der Waals surface area contributed by atoms with Gasteiger partial charge in [0.25, 0.3) is 0 Å². The number of aromatic nitrogens is 1. The van der Waals surface area contributed by atoms with Crippen LogP contribution in [0.15, 0.2) is 48.7 Å². The van der Waals surface area contributed by atoms with Gasteiger partial charge in [0.1, 0.15) is 0 Å². The van der Waals surface area contributed by atoms with Crippen LogP contribution in [0, 0.1) is 0 Å². The van der Waals surface area contributed by atoms with Crippen LogP contribution in [0.4, 0.5) is 0 Å². The standard InChI is InChI=1S/C17H18N2O2/c20-17(21)14-6-4-13(5-7-14)11-19(16-8-9-16)12-15-3-1-2-10-18-15/h1-7,10,16H,8-9,11-12H2,(H,20,21). The first-order chi connectivity index (χ1) is 10.2. The van der Waals surface area contributed by atoms with E-state index in [-0.39, 0.29) is 0 Å². The summed E-state index contributed by atoms with van der Waals surface area (Å²) in [5.41, 5.74) is 2.55. The Morgan fingerprint density at radius 3 is 2.48 bits per heavy atom.